The molecule has 0 atom stereocenters. The maximum atomic E-state index is 12.4. The number of nitrogens with one attached hydrogen (secondary N) is 2. The second kappa shape index (κ2) is 5.84. The van der Waals surface area contributed by atoms with Crippen molar-refractivity contribution in [1.82, 2.24) is 20.4 Å². The normalized spacial score (nSPS) is 19.0. The van der Waals surface area contributed by atoms with Crippen LogP contribution in [0.2, 0.25) is 0 Å². The molecule has 2 amide bonds. The third-order valence-corrected chi connectivity index (χ3v) is 5.36. The quantitative estimate of drug-likeness (QED) is 0.900. The highest BCUT2D eigenvalue weighted by molar-refractivity contribution is 7.17. The Morgan fingerprint density at radius 2 is 2.13 bits per heavy atom. The van der Waals surface area contributed by atoms with Gasteiger partial charge in [0.2, 0.25) is 0 Å². The van der Waals surface area contributed by atoms with Crippen LogP contribution in [-0.2, 0) is 4.74 Å². The van der Waals surface area contributed by atoms with Crippen molar-refractivity contribution in [3.63, 3.8) is 0 Å². The van der Waals surface area contributed by atoms with Gasteiger partial charge in [0.1, 0.15) is 6.10 Å². The minimum atomic E-state index is -0.366. The third kappa shape index (κ3) is 2.78. The van der Waals surface area contributed by atoms with Crippen molar-refractivity contribution in [2.45, 2.75) is 37.8 Å². The van der Waals surface area contributed by atoms with Gasteiger partial charge in [0.25, 0.3) is 5.91 Å². The van der Waals surface area contributed by atoms with Crippen molar-refractivity contribution in [3.8, 4) is 0 Å². The molecule has 1 saturated heterocycles. The zero-order valence-electron chi connectivity index (χ0n) is 12.6. The van der Waals surface area contributed by atoms with Crippen LogP contribution in [0.3, 0.4) is 0 Å². The minimum Gasteiger partial charge on any atom is -0.446 e. The topological polar surface area (TPSA) is 87.3 Å². The minimum absolute atomic E-state index is 0.0365. The summed E-state index contributed by atoms with van der Waals surface area (Å²) in [7, 11) is 0. The van der Waals surface area contributed by atoms with Crippen LogP contribution in [0.4, 0.5) is 4.79 Å². The Morgan fingerprint density at radius 3 is 2.91 bits per heavy atom. The second-order valence-electron chi connectivity index (χ2n) is 6.10. The summed E-state index contributed by atoms with van der Waals surface area (Å²) in [5.74, 6) is -0.0964. The van der Waals surface area contributed by atoms with Crippen LogP contribution in [-0.4, -0.2) is 52.3 Å². The lowest BCUT2D eigenvalue weighted by molar-refractivity contribution is 0.0512. The van der Waals surface area contributed by atoms with Gasteiger partial charge in [-0.1, -0.05) is 0 Å². The number of aromatic amines is 1. The van der Waals surface area contributed by atoms with E-state index < -0.39 is 0 Å². The molecule has 1 aliphatic heterocycles. The fraction of sp³-hybridized carbons (Fsp3) is 0.533. The molecule has 2 N–H and O–H groups in total. The number of amides is 2. The van der Waals surface area contributed by atoms with Crippen molar-refractivity contribution < 1.29 is 14.3 Å². The lowest BCUT2D eigenvalue weighted by Gasteiger charge is -2.38. The predicted octanol–water partition coefficient (Wildman–Crippen LogP) is 2.12. The number of ether oxygens (including phenoxy) is 1. The standard InChI is InChI=1S/C15H18N4O3S/c20-14(12-13-11(17-18-12)5-6-23-13)19-7-9(8-19)16-15(21)22-10-3-1-2-4-10/h5-6,9-10H,1-4,7-8H2,(H,16,21)(H,17,18). The van der Waals surface area contributed by atoms with Gasteiger partial charge in [0.15, 0.2) is 5.69 Å². The van der Waals surface area contributed by atoms with E-state index in [1.165, 1.54) is 11.3 Å². The fourth-order valence-electron chi connectivity index (χ4n) is 3.14. The van der Waals surface area contributed by atoms with Crippen LogP contribution in [0.1, 0.15) is 36.2 Å². The maximum Gasteiger partial charge on any atom is 0.407 e. The Balaban J connectivity index is 1.28. The van der Waals surface area contributed by atoms with E-state index in [2.05, 4.69) is 15.5 Å². The van der Waals surface area contributed by atoms with Crippen molar-refractivity contribution in [1.29, 1.82) is 0 Å². The van der Waals surface area contributed by atoms with Crippen molar-refractivity contribution >= 4 is 33.6 Å². The number of aromatic nitrogens is 2. The number of alkyl carbamates (subject to hydrolysis) is 1. The molecular weight excluding hydrogens is 316 g/mol. The van der Waals surface area contributed by atoms with E-state index in [0.717, 1.165) is 35.9 Å². The Labute approximate surface area is 137 Å². The average Bonchev–Trinajstić information content (AvgIpc) is 3.18. The van der Waals surface area contributed by atoms with E-state index in [9.17, 15) is 9.59 Å². The monoisotopic (exact) mass is 334 g/mol. The summed E-state index contributed by atoms with van der Waals surface area (Å²) in [4.78, 5) is 25.9. The molecule has 2 aromatic rings. The van der Waals surface area contributed by atoms with E-state index in [0.29, 0.717) is 18.8 Å². The van der Waals surface area contributed by atoms with Crippen LogP contribution in [0, 0.1) is 0 Å². The molecule has 8 heteroatoms. The largest absolute Gasteiger partial charge is 0.446 e. The zero-order chi connectivity index (χ0) is 15.8. The molecule has 0 radical (unpaired) electrons. The third-order valence-electron chi connectivity index (χ3n) is 4.44. The molecule has 2 aliphatic rings. The van der Waals surface area contributed by atoms with Crippen molar-refractivity contribution in [2.75, 3.05) is 13.1 Å². The average molecular weight is 334 g/mol. The van der Waals surface area contributed by atoms with Gasteiger partial charge < -0.3 is 15.0 Å². The van der Waals surface area contributed by atoms with Gasteiger partial charge >= 0.3 is 6.09 Å². The molecule has 4 rings (SSSR count). The van der Waals surface area contributed by atoms with E-state index in [-0.39, 0.29) is 24.1 Å². The highest BCUT2D eigenvalue weighted by Crippen LogP contribution is 2.25. The molecule has 0 spiro atoms. The number of H-pyrrole nitrogens is 1. The van der Waals surface area contributed by atoms with Gasteiger partial charge in [0.05, 0.1) is 16.3 Å². The summed E-state index contributed by atoms with van der Waals surface area (Å²) in [6.45, 7) is 0.997. The molecule has 2 aromatic heterocycles. The first-order valence-corrected chi connectivity index (χ1v) is 8.76. The van der Waals surface area contributed by atoms with Gasteiger partial charge in [-0.2, -0.15) is 5.10 Å². The number of nitrogens with zero attached hydrogens (tertiary/aromatic N) is 2. The second-order valence-corrected chi connectivity index (χ2v) is 7.01. The van der Waals surface area contributed by atoms with Crippen LogP contribution in [0.15, 0.2) is 11.4 Å². The molecule has 7 nitrogen and oxygen atoms in total. The molecule has 0 unspecified atom stereocenters. The molecular formula is C15H18N4O3S. The molecule has 2 fully saturated rings. The Bertz CT molecular complexity index is 728. The van der Waals surface area contributed by atoms with Gasteiger partial charge in [-0.05, 0) is 37.1 Å². The van der Waals surface area contributed by atoms with Gasteiger partial charge in [-0.3, -0.25) is 9.89 Å². The van der Waals surface area contributed by atoms with E-state index in [1.54, 1.807) is 4.90 Å². The number of hydrogen-bond donors (Lipinski definition) is 2. The summed E-state index contributed by atoms with van der Waals surface area (Å²) in [5.41, 5.74) is 1.34. The van der Waals surface area contributed by atoms with E-state index in [1.807, 2.05) is 11.4 Å². The highest BCUT2D eigenvalue weighted by Gasteiger charge is 2.35. The fourth-order valence-corrected chi connectivity index (χ4v) is 3.96. The van der Waals surface area contributed by atoms with E-state index in [4.69, 9.17) is 4.74 Å². The summed E-state index contributed by atoms with van der Waals surface area (Å²) in [6.07, 6.45) is 3.87. The van der Waals surface area contributed by atoms with Gasteiger partial charge in [-0.15, -0.1) is 11.3 Å². The number of hydrogen-bond acceptors (Lipinski definition) is 5. The number of carbonyl (C=O) groups is 2. The predicted molar refractivity (Wildman–Crippen MR) is 85.5 cm³/mol. The van der Waals surface area contributed by atoms with Gasteiger partial charge in [-0.25, -0.2) is 4.79 Å². The first-order chi connectivity index (χ1) is 11.2. The molecule has 1 saturated carbocycles. The first kappa shape index (κ1) is 14.5. The summed E-state index contributed by atoms with van der Waals surface area (Å²) >= 11 is 1.50. The molecule has 1 aliphatic carbocycles. The summed E-state index contributed by atoms with van der Waals surface area (Å²) in [5, 5.41) is 11.7. The Kier molecular flexibility index (Phi) is 3.68. The lowest BCUT2D eigenvalue weighted by atomic mass is 10.1. The number of rotatable bonds is 3. The highest BCUT2D eigenvalue weighted by atomic mass is 32.1. The smallest absolute Gasteiger partial charge is 0.407 e. The summed E-state index contributed by atoms with van der Waals surface area (Å²) in [6, 6.07) is 1.87. The molecule has 0 bridgehead atoms. The van der Waals surface area contributed by atoms with Crippen LogP contribution >= 0.6 is 11.3 Å². The number of thiophene rings is 1. The van der Waals surface area contributed by atoms with Crippen LogP contribution < -0.4 is 5.32 Å². The number of fused-ring (bicyclic) bond motifs is 1. The number of carbonyl (C=O) groups excluding carboxylic acids is 2. The zero-order valence-corrected chi connectivity index (χ0v) is 13.4. The number of likely N-dealkylation sites (tertiary alicyclic amines) is 1. The SMILES string of the molecule is O=C(NC1CN(C(=O)c2n[nH]c3ccsc23)C1)OC1CCCC1. The Hall–Kier alpha value is -2.09. The maximum absolute atomic E-state index is 12.4. The van der Waals surface area contributed by atoms with Crippen LogP contribution in [0.25, 0.3) is 10.2 Å². The first-order valence-electron chi connectivity index (χ1n) is 7.88. The van der Waals surface area contributed by atoms with Crippen LogP contribution in [0.5, 0.6) is 0 Å². The summed E-state index contributed by atoms with van der Waals surface area (Å²) < 4.78 is 6.25. The molecule has 23 heavy (non-hydrogen) atoms. The lowest BCUT2D eigenvalue weighted by Crippen LogP contribution is -2.61. The van der Waals surface area contributed by atoms with Crippen molar-refractivity contribution in [2.24, 2.45) is 0 Å². The van der Waals surface area contributed by atoms with Crippen molar-refractivity contribution in [3.05, 3.63) is 17.1 Å². The Morgan fingerprint density at radius 1 is 1.35 bits per heavy atom. The van der Waals surface area contributed by atoms with E-state index >= 15 is 0 Å². The van der Waals surface area contributed by atoms with Gasteiger partial charge in [0, 0.05) is 13.1 Å². The molecule has 122 valence electrons. The molecule has 0 aromatic carbocycles. The molecule has 3 heterocycles.